The van der Waals surface area contributed by atoms with Gasteiger partial charge in [-0.1, -0.05) is 30.3 Å². The van der Waals surface area contributed by atoms with Crippen LogP contribution in [0.15, 0.2) is 53.3 Å². The van der Waals surface area contributed by atoms with Crippen LogP contribution in [0, 0.1) is 0 Å². The summed E-state index contributed by atoms with van der Waals surface area (Å²) >= 11 is 0. The van der Waals surface area contributed by atoms with Crippen molar-refractivity contribution in [1.82, 2.24) is 9.13 Å². The van der Waals surface area contributed by atoms with Crippen LogP contribution in [0.4, 0.5) is 0 Å². The largest absolute Gasteiger partial charge is 0.328 e. The maximum absolute atomic E-state index is 12.4. The minimum atomic E-state index is -0.0932. The van der Waals surface area contributed by atoms with Gasteiger partial charge in [0.1, 0.15) is 0 Å². The lowest BCUT2D eigenvalue weighted by atomic mass is 10.0. The third-order valence-electron chi connectivity index (χ3n) is 3.57. The second-order valence-corrected chi connectivity index (χ2v) is 4.80. The molecule has 0 unspecified atom stereocenters. The van der Waals surface area contributed by atoms with Crippen LogP contribution >= 0.6 is 0 Å². The van der Waals surface area contributed by atoms with Gasteiger partial charge in [0, 0.05) is 25.2 Å². The molecule has 3 aromatic rings. The average Bonchev–Trinajstić information content (AvgIpc) is 2.72. The van der Waals surface area contributed by atoms with Crippen LogP contribution < -0.4 is 5.69 Å². The number of hydrogen-bond donors (Lipinski definition) is 0. The zero-order chi connectivity index (χ0) is 14.3. The smallest absolute Gasteiger partial charge is 0.295 e. The van der Waals surface area contributed by atoms with Crippen molar-refractivity contribution < 1.29 is 4.79 Å². The Morgan fingerprint density at radius 1 is 0.850 bits per heavy atom. The summed E-state index contributed by atoms with van der Waals surface area (Å²) in [5.74, 6) is -0.0381. The first-order valence-corrected chi connectivity index (χ1v) is 6.35. The Morgan fingerprint density at radius 3 is 2.20 bits per heavy atom. The van der Waals surface area contributed by atoms with E-state index in [0.717, 1.165) is 11.0 Å². The highest BCUT2D eigenvalue weighted by molar-refractivity contribution is 6.10. The Hall–Kier alpha value is -2.62. The topological polar surface area (TPSA) is 44.0 Å². The third kappa shape index (κ3) is 1.77. The Labute approximate surface area is 115 Å². The Kier molecular flexibility index (Phi) is 2.79. The zero-order valence-electron chi connectivity index (χ0n) is 11.3. The molecule has 0 radical (unpaired) electrons. The highest BCUT2D eigenvalue weighted by Gasteiger charge is 2.13. The Balaban J connectivity index is 2.17. The summed E-state index contributed by atoms with van der Waals surface area (Å²) in [6.45, 7) is 0. The van der Waals surface area contributed by atoms with Crippen LogP contribution in [0.1, 0.15) is 15.9 Å². The van der Waals surface area contributed by atoms with Crippen LogP contribution in [-0.2, 0) is 14.1 Å². The van der Waals surface area contributed by atoms with E-state index >= 15 is 0 Å². The lowest BCUT2D eigenvalue weighted by molar-refractivity contribution is 0.103. The van der Waals surface area contributed by atoms with Crippen molar-refractivity contribution in [2.45, 2.75) is 0 Å². The van der Waals surface area contributed by atoms with Gasteiger partial charge in [-0.15, -0.1) is 0 Å². The number of carbonyl (C=O) groups excluding carboxylic acids is 1. The molecule has 4 heteroatoms. The number of ketones is 1. The minimum Gasteiger partial charge on any atom is -0.295 e. The number of aryl methyl sites for hydroxylation is 2. The fraction of sp³-hybridized carbons (Fsp3) is 0.125. The molecule has 0 N–H and O–H groups in total. The summed E-state index contributed by atoms with van der Waals surface area (Å²) in [4.78, 5) is 24.3. The summed E-state index contributed by atoms with van der Waals surface area (Å²) < 4.78 is 3.13. The van der Waals surface area contributed by atoms with E-state index in [0.29, 0.717) is 11.1 Å². The molecule has 3 rings (SSSR count). The number of hydrogen-bond acceptors (Lipinski definition) is 2. The number of benzene rings is 2. The summed E-state index contributed by atoms with van der Waals surface area (Å²) in [5.41, 5.74) is 2.73. The summed E-state index contributed by atoms with van der Waals surface area (Å²) in [6.07, 6.45) is 0. The van der Waals surface area contributed by atoms with Gasteiger partial charge in [-0.05, 0) is 18.2 Å². The number of nitrogens with zero attached hydrogens (tertiary/aromatic N) is 2. The lowest BCUT2D eigenvalue weighted by Gasteiger charge is -2.02. The van der Waals surface area contributed by atoms with Crippen molar-refractivity contribution in [3.63, 3.8) is 0 Å². The van der Waals surface area contributed by atoms with Gasteiger partial charge in [-0.3, -0.25) is 13.9 Å². The van der Waals surface area contributed by atoms with Crippen LogP contribution in [0.5, 0.6) is 0 Å². The van der Waals surface area contributed by atoms with E-state index in [-0.39, 0.29) is 11.5 Å². The predicted molar refractivity (Wildman–Crippen MR) is 78.0 cm³/mol. The average molecular weight is 266 g/mol. The first-order valence-electron chi connectivity index (χ1n) is 6.35. The Bertz CT molecular complexity index is 857. The van der Waals surface area contributed by atoms with Crippen molar-refractivity contribution in [3.05, 3.63) is 70.1 Å². The van der Waals surface area contributed by atoms with E-state index in [4.69, 9.17) is 0 Å². The molecule has 0 saturated heterocycles. The predicted octanol–water partition coefficient (Wildman–Crippen LogP) is 2.11. The highest BCUT2D eigenvalue weighted by atomic mass is 16.1. The molecule has 1 heterocycles. The van der Waals surface area contributed by atoms with E-state index in [1.165, 1.54) is 0 Å². The van der Waals surface area contributed by atoms with Crippen molar-refractivity contribution in [1.29, 1.82) is 0 Å². The van der Waals surface area contributed by atoms with Crippen LogP contribution in [0.3, 0.4) is 0 Å². The van der Waals surface area contributed by atoms with Gasteiger partial charge in [-0.2, -0.15) is 0 Å². The molecule has 0 amide bonds. The summed E-state index contributed by atoms with van der Waals surface area (Å²) in [6, 6.07) is 14.5. The fourth-order valence-electron chi connectivity index (χ4n) is 2.40. The number of carbonyl (C=O) groups is 1. The molecule has 2 aromatic carbocycles. The van der Waals surface area contributed by atoms with Crippen LogP contribution in [-0.4, -0.2) is 14.9 Å². The molecule has 0 fully saturated rings. The van der Waals surface area contributed by atoms with Crippen molar-refractivity contribution >= 4 is 16.8 Å². The number of aromatic nitrogens is 2. The first-order chi connectivity index (χ1) is 9.59. The molecule has 0 aliphatic heterocycles. The molecule has 100 valence electrons. The molecule has 0 atom stereocenters. The van der Waals surface area contributed by atoms with Gasteiger partial charge in [0.2, 0.25) is 0 Å². The van der Waals surface area contributed by atoms with Crippen LogP contribution in [0.2, 0.25) is 0 Å². The summed E-state index contributed by atoms with van der Waals surface area (Å²) in [5, 5.41) is 0. The van der Waals surface area contributed by atoms with Gasteiger partial charge >= 0.3 is 5.69 Å². The monoisotopic (exact) mass is 266 g/mol. The standard InChI is InChI=1S/C16H14N2O2/c1-17-13-9-8-12(10-14(13)18(2)16(17)20)15(19)11-6-4-3-5-7-11/h3-10H,1-2H3. The second-order valence-electron chi connectivity index (χ2n) is 4.80. The molecule has 4 nitrogen and oxygen atoms in total. The van der Waals surface area contributed by atoms with Gasteiger partial charge in [-0.25, -0.2) is 4.79 Å². The molecular weight excluding hydrogens is 252 g/mol. The summed E-state index contributed by atoms with van der Waals surface area (Å²) in [7, 11) is 3.44. The van der Waals surface area contributed by atoms with Gasteiger partial charge < -0.3 is 0 Å². The normalized spacial score (nSPS) is 10.9. The third-order valence-corrected chi connectivity index (χ3v) is 3.57. The maximum Gasteiger partial charge on any atom is 0.328 e. The second kappa shape index (κ2) is 4.49. The quantitative estimate of drug-likeness (QED) is 0.667. The van der Waals surface area contributed by atoms with Crippen molar-refractivity contribution in [2.24, 2.45) is 14.1 Å². The molecule has 0 aliphatic carbocycles. The molecule has 0 spiro atoms. The maximum atomic E-state index is 12.4. The molecular formula is C16H14N2O2. The number of imidazole rings is 1. The van der Waals surface area contributed by atoms with Gasteiger partial charge in [0.15, 0.2) is 5.78 Å². The van der Waals surface area contributed by atoms with Gasteiger partial charge in [0.25, 0.3) is 0 Å². The number of fused-ring (bicyclic) bond motifs is 1. The Morgan fingerprint density at radius 2 is 1.50 bits per heavy atom. The van der Waals surface area contributed by atoms with Crippen molar-refractivity contribution in [3.8, 4) is 0 Å². The molecule has 0 bridgehead atoms. The van der Waals surface area contributed by atoms with E-state index < -0.39 is 0 Å². The van der Waals surface area contributed by atoms with E-state index in [9.17, 15) is 9.59 Å². The molecule has 1 aromatic heterocycles. The van der Waals surface area contributed by atoms with Gasteiger partial charge in [0.05, 0.1) is 11.0 Å². The van der Waals surface area contributed by atoms with Crippen molar-refractivity contribution in [2.75, 3.05) is 0 Å². The first kappa shape index (κ1) is 12.4. The molecule has 0 aliphatic rings. The van der Waals surface area contributed by atoms with E-state index in [2.05, 4.69) is 0 Å². The molecule has 0 saturated carbocycles. The number of rotatable bonds is 2. The highest BCUT2D eigenvalue weighted by Crippen LogP contribution is 2.17. The lowest BCUT2D eigenvalue weighted by Crippen LogP contribution is -2.19. The zero-order valence-corrected chi connectivity index (χ0v) is 11.3. The fourth-order valence-corrected chi connectivity index (χ4v) is 2.40. The molecule has 20 heavy (non-hydrogen) atoms. The van der Waals surface area contributed by atoms with E-state index in [1.54, 1.807) is 47.5 Å². The minimum absolute atomic E-state index is 0.0381. The van der Waals surface area contributed by atoms with Crippen LogP contribution in [0.25, 0.3) is 11.0 Å². The van der Waals surface area contributed by atoms with E-state index in [1.807, 2.05) is 24.3 Å². The SMILES string of the molecule is Cn1c(=O)n(C)c2cc(C(=O)c3ccccc3)ccc21.